The average molecular weight is 250 g/mol. The summed E-state index contributed by atoms with van der Waals surface area (Å²) in [5, 5.41) is 8.36. The van der Waals surface area contributed by atoms with Gasteiger partial charge in [0.2, 0.25) is 0 Å². The highest BCUT2D eigenvalue weighted by Crippen LogP contribution is 2.27. The second kappa shape index (κ2) is 5.34. The zero-order valence-corrected chi connectivity index (χ0v) is 10.8. The molecular formula is C13H16ClN3. The Bertz CT molecular complexity index is 493. The van der Waals surface area contributed by atoms with Crippen molar-refractivity contribution in [1.29, 1.82) is 0 Å². The van der Waals surface area contributed by atoms with Gasteiger partial charge in [-0.15, -0.1) is 0 Å². The monoisotopic (exact) mass is 249 g/mol. The molecule has 0 radical (unpaired) electrons. The highest BCUT2D eigenvalue weighted by Gasteiger charge is 2.18. The molecule has 1 heterocycles. The van der Waals surface area contributed by atoms with Gasteiger partial charge in [0.1, 0.15) is 0 Å². The Balaban J connectivity index is 2.44. The van der Waals surface area contributed by atoms with Crippen LogP contribution in [0.2, 0.25) is 5.02 Å². The molecule has 0 spiro atoms. The van der Waals surface area contributed by atoms with Crippen LogP contribution in [-0.2, 0) is 6.54 Å². The van der Waals surface area contributed by atoms with Gasteiger partial charge in [0.15, 0.2) is 0 Å². The number of rotatable bonds is 4. The smallest absolute Gasteiger partial charge is 0.0760 e. The molecule has 0 aliphatic heterocycles. The summed E-state index contributed by atoms with van der Waals surface area (Å²) in [5.41, 5.74) is 2.20. The minimum absolute atomic E-state index is 0.0751. The van der Waals surface area contributed by atoms with Gasteiger partial charge in [-0.2, -0.15) is 5.10 Å². The molecule has 0 aliphatic carbocycles. The van der Waals surface area contributed by atoms with E-state index in [1.54, 1.807) is 0 Å². The summed E-state index contributed by atoms with van der Waals surface area (Å²) < 4.78 is 1.98. The van der Waals surface area contributed by atoms with Crippen LogP contribution < -0.4 is 5.32 Å². The number of aryl methyl sites for hydroxylation is 1. The van der Waals surface area contributed by atoms with Crippen LogP contribution in [-0.4, -0.2) is 16.8 Å². The summed E-state index contributed by atoms with van der Waals surface area (Å²) in [6.07, 6.45) is 1.82. The lowest BCUT2D eigenvalue weighted by Gasteiger charge is -2.19. The predicted molar refractivity (Wildman–Crippen MR) is 70.3 cm³/mol. The van der Waals surface area contributed by atoms with Crippen molar-refractivity contribution < 1.29 is 0 Å². The quantitative estimate of drug-likeness (QED) is 0.903. The van der Waals surface area contributed by atoms with E-state index in [-0.39, 0.29) is 6.04 Å². The molecule has 1 N–H and O–H groups in total. The molecule has 1 atom stereocenters. The molecule has 4 heteroatoms. The van der Waals surface area contributed by atoms with Gasteiger partial charge in [-0.25, -0.2) is 0 Å². The van der Waals surface area contributed by atoms with E-state index >= 15 is 0 Å². The van der Waals surface area contributed by atoms with Gasteiger partial charge in [0.25, 0.3) is 0 Å². The molecule has 0 bridgehead atoms. The van der Waals surface area contributed by atoms with Gasteiger partial charge < -0.3 is 5.32 Å². The number of hydrogen-bond acceptors (Lipinski definition) is 2. The molecular weight excluding hydrogens is 234 g/mol. The minimum atomic E-state index is 0.0751. The molecule has 1 aromatic heterocycles. The maximum atomic E-state index is 6.24. The summed E-state index contributed by atoms with van der Waals surface area (Å²) in [6, 6.07) is 9.98. The van der Waals surface area contributed by atoms with Crippen LogP contribution in [0.25, 0.3) is 0 Å². The van der Waals surface area contributed by atoms with E-state index in [0.29, 0.717) is 0 Å². The number of aromatic nitrogens is 2. The Kier molecular flexibility index (Phi) is 3.82. The number of nitrogens with zero attached hydrogens (tertiary/aromatic N) is 2. The SMILES string of the molecule is CCn1nccc1C(NC)c1ccccc1Cl. The van der Waals surface area contributed by atoms with Crippen LogP contribution in [0.5, 0.6) is 0 Å². The van der Waals surface area contributed by atoms with Crippen molar-refractivity contribution in [3.63, 3.8) is 0 Å². The fourth-order valence-electron chi connectivity index (χ4n) is 2.02. The second-order valence-electron chi connectivity index (χ2n) is 3.82. The van der Waals surface area contributed by atoms with Crippen molar-refractivity contribution in [2.24, 2.45) is 0 Å². The van der Waals surface area contributed by atoms with Crippen molar-refractivity contribution in [3.05, 3.63) is 52.8 Å². The van der Waals surface area contributed by atoms with Gasteiger partial charge in [-0.05, 0) is 31.7 Å². The van der Waals surface area contributed by atoms with Gasteiger partial charge in [0.05, 0.1) is 11.7 Å². The fourth-order valence-corrected chi connectivity index (χ4v) is 2.27. The van der Waals surface area contributed by atoms with Crippen LogP contribution in [0.4, 0.5) is 0 Å². The standard InChI is InChI=1S/C13H16ClN3/c1-3-17-12(8-9-16-17)13(15-2)10-6-4-5-7-11(10)14/h4-9,13,15H,3H2,1-2H3. The third-order valence-corrected chi connectivity index (χ3v) is 3.19. The Morgan fingerprint density at radius 3 is 2.76 bits per heavy atom. The molecule has 0 saturated carbocycles. The Hall–Kier alpha value is -1.32. The normalized spacial score (nSPS) is 12.6. The summed E-state index contributed by atoms with van der Waals surface area (Å²) >= 11 is 6.24. The van der Waals surface area contributed by atoms with E-state index in [1.165, 1.54) is 0 Å². The van der Waals surface area contributed by atoms with E-state index in [0.717, 1.165) is 22.8 Å². The van der Waals surface area contributed by atoms with Crippen molar-refractivity contribution in [3.8, 4) is 0 Å². The predicted octanol–water partition coefficient (Wildman–Crippen LogP) is 2.87. The summed E-state index contributed by atoms with van der Waals surface area (Å²) in [5.74, 6) is 0. The van der Waals surface area contributed by atoms with Gasteiger partial charge in [0, 0.05) is 17.8 Å². The highest BCUT2D eigenvalue weighted by molar-refractivity contribution is 6.31. The number of nitrogens with one attached hydrogen (secondary N) is 1. The van der Waals surface area contributed by atoms with Crippen LogP contribution in [0.1, 0.15) is 24.2 Å². The van der Waals surface area contributed by atoms with Gasteiger partial charge in [-0.1, -0.05) is 29.8 Å². The highest BCUT2D eigenvalue weighted by atomic mass is 35.5. The molecule has 0 saturated heterocycles. The summed E-state index contributed by atoms with van der Waals surface area (Å²) in [6.45, 7) is 2.93. The lowest BCUT2D eigenvalue weighted by atomic mass is 10.0. The first kappa shape index (κ1) is 12.1. The molecule has 2 rings (SSSR count). The number of hydrogen-bond donors (Lipinski definition) is 1. The van der Waals surface area contributed by atoms with Gasteiger partial charge in [-0.3, -0.25) is 4.68 Å². The fraction of sp³-hybridized carbons (Fsp3) is 0.308. The van der Waals surface area contributed by atoms with Crippen molar-refractivity contribution in [2.45, 2.75) is 19.5 Å². The Morgan fingerprint density at radius 2 is 2.12 bits per heavy atom. The second-order valence-corrected chi connectivity index (χ2v) is 4.22. The van der Waals surface area contributed by atoms with Crippen LogP contribution >= 0.6 is 11.6 Å². The van der Waals surface area contributed by atoms with Crippen LogP contribution in [0.3, 0.4) is 0 Å². The molecule has 1 unspecified atom stereocenters. The topological polar surface area (TPSA) is 29.9 Å². The number of benzene rings is 1. The third-order valence-electron chi connectivity index (χ3n) is 2.85. The maximum absolute atomic E-state index is 6.24. The maximum Gasteiger partial charge on any atom is 0.0760 e. The molecule has 90 valence electrons. The first-order valence-corrected chi connectivity index (χ1v) is 6.09. The molecule has 3 nitrogen and oxygen atoms in total. The molecule has 2 aromatic rings. The van der Waals surface area contributed by atoms with Crippen LogP contribution in [0.15, 0.2) is 36.5 Å². The Morgan fingerprint density at radius 1 is 1.35 bits per heavy atom. The van der Waals surface area contributed by atoms with Crippen molar-refractivity contribution in [1.82, 2.24) is 15.1 Å². The minimum Gasteiger partial charge on any atom is -0.308 e. The van der Waals surface area contributed by atoms with Crippen LogP contribution in [0, 0.1) is 0 Å². The van der Waals surface area contributed by atoms with E-state index in [9.17, 15) is 0 Å². The van der Waals surface area contributed by atoms with Crippen molar-refractivity contribution in [2.75, 3.05) is 7.05 Å². The molecule has 0 aliphatic rings. The van der Waals surface area contributed by atoms with E-state index in [2.05, 4.69) is 17.3 Å². The summed E-state index contributed by atoms with van der Waals surface area (Å²) in [7, 11) is 1.93. The summed E-state index contributed by atoms with van der Waals surface area (Å²) in [4.78, 5) is 0. The zero-order chi connectivity index (χ0) is 12.3. The molecule has 17 heavy (non-hydrogen) atoms. The van der Waals surface area contributed by atoms with E-state index in [1.807, 2.05) is 48.3 Å². The van der Waals surface area contributed by atoms with E-state index < -0.39 is 0 Å². The molecule has 1 aromatic carbocycles. The first-order valence-electron chi connectivity index (χ1n) is 5.71. The Labute approximate surface area is 106 Å². The zero-order valence-electron chi connectivity index (χ0n) is 10.0. The molecule has 0 fully saturated rings. The lowest BCUT2D eigenvalue weighted by molar-refractivity contribution is 0.563. The lowest BCUT2D eigenvalue weighted by Crippen LogP contribution is -2.21. The largest absolute Gasteiger partial charge is 0.308 e. The average Bonchev–Trinajstić information content (AvgIpc) is 2.81. The third kappa shape index (κ3) is 2.35. The van der Waals surface area contributed by atoms with Gasteiger partial charge >= 0.3 is 0 Å². The number of halogens is 1. The molecule has 0 amide bonds. The first-order chi connectivity index (χ1) is 8.27. The van der Waals surface area contributed by atoms with Crippen molar-refractivity contribution >= 4 is 11.6 Å². The van der Waals surface area contributed by atoms with E-state index in [4.69, 9.17) is 11.6 Å².